The lowest BCUT2D eigenvalue weighted by Crippen LogP contribution is -2.33. The molecule has 0 aliphatic rings. The molecule has 2 aromatic carbocycles. The molecule has 1 amide bonds. The number of nitrogens with one attached hydrogen (secondary N) is 1. The van der Waals surface area contributed by atoms with Gasteiger partial charge in [0.2, 0.25) is 31.6 Å². The van der Waals surface area contributed by atoms with Crippen molar-refractivity contribution < 1.29 is 35.1 Å². The molecule has 6 rings (SSSR count). The number of halogens is 3. The minimum Gasteiger partial charge on any atom is -0.444 e. The maximum Gasteiger partial charge on any atom is 0.410 e. The Kier molecular flexibility index (Phi) is 14.6. The molecule has 10 nitrogen and oxygen atoms in total. The lowest BCUT2D eigenvalue weighted by molar-refractivity contribution is 0.0286. The number of aromatic nitrogens is 2. The summed E-state index contributed by atoms with van der Waals surface area (Å²) in [6, 6.07) is 25.6. The van der Waals surface area contributed by atoms with Crippen molar-refractivity contribution in [1.82, 2.24) is 20.2 Å². The summed E-state index contributed by atoms with van der Waals surface area (Å²) >= 11 is 2.14. The van der Waals surface area contributed by atoms with E-state index in [4.69, 9.17) is 4.74 Å². The third-order valence-corrected chi connectivity index (χ3v) is 14.5. The second kappa shape index (κ2) is 18.6. The van der Waals surface area contributed by atoms with E-state index in [0.717, 1.165) is 27.6 Å². The first-order chi connectivity index (χ1) is 26.0. The van der Waals surface area contributed by atoms with Crippen molar-refractivity contribution in [3.8, 4) is 22.3 Å². The average Bonchev–Trinajstić information content (AvgIpc) is 3.78. The molecule has 1 N–H and O–H groups in total. The maximum atomic E-state index is 14.4. The third kappa shape index (κ3) is 10.4. The van der Waals surface area contributed by atoms with Gasteiger partial charge in [-0.3, -0.25) is 0 Å². The first-order valence-electron chi connectivity index (χ1n) is 16.7. The van der Waals surface area contributed by atoms with Crippen molar-refractivity contribution in [2.24, 2.45) is 0 Å². The molecule has 4 aromatic heterocycles. The largest absolute Gasteiger partial charge is 0.444 e. The van der Waals surface area contributed by atoms with E-state index in [1.165, 1.54) is 53.7 Å². The van der Waals surface area contributed by atoms with Gasteiger partial charge in [0.1, 0.15) is 14.0 Å². The fraction of sp³-hybridized carbons (Fsp3) is 0.205. The van der Waals surface area contributed by atoms with Crippen LogP contribution >= 0.6 is 35.1 Å². The number of carbonyl (C=O) groups is 1. The third-order valence-electron chi connectivity index (χ3n) is 7.64. The fourth-order valence-corrected chi connectivity index (χ4v) is 11.5. The van der Waals surface area contributed by atoms with Gasteiger partial charge in [-0.25, -0.2) is 31.6 Å². The van der Waals surface area contributed by atoms with Gasteiger partial charge >= 0.3 is 6.09 Å². The number of hydrogen-bond donors (Lipinski definition) is 1. The van der Waals surface area contributed by atoms with Crippen LogP contribution in [0.25, 0.3) is 22.3 Å². The molecule has 6 aromatic rings. The van der Waals surface area contributed by atoms with Gasteiger partial charge < -0.3 is 15.0 Å². The monoisotopic (exact) mass is 860 g/mol. The molecular formula is C39H39ClF2N4O6S4. The molecule has 0 aliphatic carbocycles. The van der Waals surface area contributed by atoms with Gasteiger partial charge in [-0.1, -0.05) is 36.4 Å². The molecule has 0 aliphatic heterocycles. The predicted octanol–water partition coefficient (Wildman–Crippen LogP) is 9.07. The summed E-state index contributed by atoms with van der Waals surface area (Å²) in [6.45, 7) is 5.90. The summed E-state index contributed by atoms with van der Waals surface area (Å²) in [7, 11) is -4.31. The topological polar surface area (TPSA) is 136 Å². The van der Waals surface area contributed by atoms with Crippen LogP contribution in [0.5, 0.6) is 0 Å². The van der Waals surface area contributed by atoms with Crippen molar-refractivity contribution in [3.63, 3.8) is 0 Å². The molecule has 0 spiro atoms. The second-order valence-electron chi connectivity index (χ2n) is 13.0. The Hall–Kier alpha value is -4.58. The summed E-state index contributed by atoms with van der Waals surface area (Å²) in [6.07, 6.45) is 2.10. The molecule has 0 radical (unpaired) electrons. The SMILES string of the molecule is CN(Cc1cc(-c2cccnc2F)c(S(=O)(=O)c2ccccc2)s1)C(=O)OC(C)(C)C.CNCc1cc(-c2cccnc2F)c(S(=O)(=O)c2ccccc2)s1.Cl. The zero-order valence-electron chi connectivity index (χ0n) is 30.9. The van der Waals surface area contributed by atoms with Crippen LogP contribution in [0.3, 0.4) is 0 Å². The van der Waals surface area contributed by atoms with Gasteiger partial charge in [0, 0.05) is 58.0 Å². The van der Waals surface area contributed by atoms with Gasteiger partial charge in [-0.05, 0) is 88.5 Å². The number of thiophene rings is 2. The van der Waals surface area contributed by atoms with Crippen LogP contribution in [0.2, 0.25) is 0 Å². The van der Waals surface area contributed by atoms with Gasteiger partial charge in [0.05, 0.1) is 16.3 Å². The Bertz CT molecular complexity index is 2490. The van der Waals surface area contributed by atoms with E-state index in [9.17, 15) is 30.4 Å². The quantitative estimate of drug-likeness (QED) is 0.134. The summed E-state index contributed by atoms with van der Waals surface area (Å²) in [5, 5.41) is 2.99. The fourth-order valence-electron chi connectivity index (χ4n) is 5.19. The van der Waals surface area contributed by atoms with Crippen LogP contribution in [0.15, 0.2) is 128 Å². The molecule has 56 heavy (non-hydrogen) atoms. The summed E-state index contributed by atoms with van der Waals surface area (Å²) < 4.78 is 86.7. The number of sulfone groups is 2. The normalized spacial score (nSPS) is 11.6. The zero-order chi connectivity index (χ0) is 40.0. The molecule has 0 bridgehead atoms. The molecular weight excluding hydrogens is 822 g/mol. The van der Waals surface area contributed by atoms with Crippen molar-refractivity contribution >= 4 is 60.8 Å². The van der Waals surface area contributed by atoms with E-state index in [2.05, 4.69) is 15.3 Å². The molecule has 296 valence electrons. The van der Waals surface area contributed by atoms with Gasteiger partial charge in [-0.15, -0.1) is 35.1 Å². The van der Waals surface area contributed by atoms with Crippen LogP contribution in [0, 0.1) is 11.9 Å². The lowest BCUT2D eigenvalue weighted by Gasteiger charge is -2.24. The second-order valence-corrected chi connectivity index (χ2v) is 19.6. The van der Waals surface area contributed by atoms with E-state index in [-0.39, 0.29) is 53.9 Å². The Balaban J connectivity index is 0.000000252. The number of benzene rings is 2. The number of ether oxygens (including phenoxy) is 1. The number of rotatable bonds is 10. The van der Waals surface area contributed by atoms with Gasteiger partial charge in [0.25, 0.3) is 0 Å². The number of pyridine rings is 2. The highest BCUT2D eigenvalue weighted by Crippen LogP contribution is 2.40. The zero-order valence-corrected chi connectivity index (χ0v) is 35.0. The Labute approximate surface area is 339 Å². The van der Waals surface area contributed by atoms with E-state index >= 15 is 0 Å². The smallest absolute Gasteiger partial charge is 0.410 e. The Morgan fingerprint density at radius 3 is 1.55 bits per heavy atom. The van der Waals surface area contributed by atoms with Gasteiger partial charge in [0.15, 0.2) is 0 Å². The lowest BCUT2D eigenvalue weighted by atomic mass is 10.1. The van der Waals surface area contributed by atoms with Crippen LogP contribution in [0.4, 0.5) is 13.6 Å². The van der Waals surface area contributed by atoms with E-state index in [1.807, 2.05) is 0 Å². The molecule has 0 saturated carbocycles. The minimum atomic E-state index is -3.91. The number of carbonyl (C=O) groups excluding carboxylic acids is 1. The highest BCUT2D eigenvalue weighted by Gasteiger charge is 2.29. The molecule has 17 heteroatoms. The van der Waals surface area contributed by atoms with Crippen LogP contribution < -0.4 is 5.32 Å². The van der Waals surface area contributed by atoms with Crippen molar-refractivity contribution in [2.75, 3.05) is 14.1 Å². The minimum absolute atomic E-state index is 0. The Morgan fingerprint density at radius 1 is 0.714 bits per heavy atom. The Morgan fingerprint density at radius 2 is 1.14 bits per heavy atom. The summed E-state index contributed by atoms with van der Waals surface area (Å²) in [5.74, 6) is -1.45. The summed E-state index contributed by atoms with van der Waals surface area (Å²) in [5.41, 5.74) is 0.170. The number of hydrogen-bond acceptors (Lipinski definition) is 11. The molecule has 4 heterocycles. The number of amides is 1. The van der Waals surface area contributed by atoms with Crippen LogP contribution in [0.1, 0.15) is 30.5 Å². The van der Waals surface area contributed by atoms with E-state index in [0.29, 0.717) is 17.0 Å². The van der Waals surface area contributed by atoms with Crippen molar-refractivity contribution in [2.45, 2.75) is 57.7 Å². The molecule has 0 atom stereocenters. The van der Waals surface area contributed by atoms with Crippen LogP contribution in [-0.2, 0) is 37.5 Å². The molecule has 0 saturated heterocycles. The van der Waals surface area contributed by atoms with E-state index < -0.39 is 43.3 Å². The maximum absolute atomic E-state index is 14.4. The first-order valence-corrected chi connectivity index (χ1v) is 21.3. The molecule has 0 unspecified atom stereocenters. The molecule has 0 fully saturated rings. The standard InChI is InChI=1S/C22H23FN2O4S2.C17H15FN2O2S2.ClH/c1-22(2,3)29-21(26)25(4)14-15-13-18(17-11-8-12-24-19(17)23)20(30-15)31(27,28)16-9-6-5-7-10-16;1-19-11-12-10-15(14-8-5-9-20-16(14)18)17(23-12)24(21,22)13-6-3-2-4-7-13;/h5-13H,14H2,1-4H3;2-10,19H,11H2,1H3;1H. The van der Waals surface area contributed by atoms with Gasteiger partial charge in [-0.2, -0.15) is 8.78 Å². The van der Waals surface area contributed by atoms with Crippen molar-refractivity contribution in [1.29, 1.82) is 0 Å². The summed E-state index contributed by atoms with van der Waals surface area (Å²) in [4.78, 5) is 22.6. The average molecular weight is 861 g/mol. The predicted molar refractivity (Wildman–Crippen MR) is 217 cm³/mol. The highest BCUT2D eigenvalue weighted by molar-refractivity contribution is 7.94. The van der Waals surface area contributed by atoms with E-state index in [1.54, 1.807) is 95.5 Å². The highest BCUT2D eigenvalue weighted by atomic mass is 35.5. The van der Waals surface area contributed by atoms with Crippen molar-refractivity contribution in [3.05, 3.63) is 131 Å². The first kappa shape index (κ1) is 44.1. The van der Waals surface area contributed by atoms with Crippen LogP contribution in [-0.4, -0.2) is 57.5 Å². The number of nitrogens with zero attached hydrogens (tertiary/aromatic N) is 3.